The highest BCUT2D eigenvalue weighted by molar-refractivity contribution is 5.94. The maximum atomic E-state index is 12.0. The van der Waals surface area contributed by atoms with Crippen LogP contribution < -0.4 is 10.1 Å². The second kappa shape index (κ2) is 8.81. The van der Waals surface area contributed by atoms with Crippen LogP contribution in [0.3, 0.4) is 0 Å². The normalized spacial score (nSPS) is 15.8. The number of amides is 1. The van der Waals surface area contributed by atoms with Crippen LogP contribution in [0.25, 0.3) is 0 Å². The zero-order valence-corrected chi connectivity index (χ0v) is 15.5. The molecule has 0 radical (unpaired) electrons. The molecular formula is C21H27N3O2. The van der Waals surface area contributed by atoms with Gasteiger partial charge in [-0.1, -0.05) is 6.07 Å². The largest absolute Gasteiger partial charge is 0.490 e. The summed E-state index contributed by atoms with van der Waals surface area (Å²) in [7, 11) is 0. The van der Waals surface area contributed by atoms with Crippen LogP contribution in [-0.4, -0.2) is 41.0 Å². The smallest absolute Gasteiger partial charge is 0.251 e. The quantitative estimate of drug-likeness (QED) is 0.866. The molecule has 26 heavy (non-hydrogen) atoms. The third-order valence-corrected chi connectivity index (χ3v) is 4.49. The van der Waals surface area contributed by atoms with Gasteiger partial charge in [0, 0.05) is 37.4 Å². The molecule has 0 unspecified atom stereocenters. The van der Waals surface area contributed by atoms with Gasteiger partial charge in [0.05, 0.1) is 5.69 Å². The summed E-state index contributed by atoms with van der Waals surface area (Å²) in [6.07, 6.45) is 4.08. The molecule has 5 nitrogen and oxygen atoms in total. The predicted octanol–water partition coefficient (Wildman–Crippen LogP) is 3.26. The topological polar surface area (TPSA) is 54.5 Å². The van der Waals surface area contributed by atoms with Gasteiger partial charge in [-0.3, -0.25) is 14.7 Å². The SMILES string of the molecule is CC(C)NC(=O)c1ccc(OC2CCN(Cc3ccccn3)CC2)cc1. The number of carbonyl (C=O) groups is 1. The molecule has 0 spiro atoms. The van der Waals surface area contributed by atoms with Crippen LogP contribution in [0, 0.1) is 0 Å². The van der Waals surface area contributed by atoms with Crippen LogP contribution in [0.2, 0.25) is 0 Å². The Morgan fingerprint density at radius 1 is 1.19 bits per heavy atom. The van der Waals surface area contributed by atoms with Crippen molar-refractivity contribution in [1.82, 2.24) is 15.2 Å². The Morgan fingerprint density at radius 2 is 1.92 bits per heavy atom. The zero-order valence-electron chi connectivity index (χ0n) is 15.5. The van der Waals surface area contributed by atoms with Crippen molar-refractivity contribution in [2.75, 3.05) is 13.1 Å². The summed E-state index contributed by atoms with van der Waals surface area (Å²) in [6, 6.07) is 13.6. The van der Waals surface area contributed by atoms with E-state index in [1.807, 2.05) is 56.4 Å². The molecule has 1 aromatic heterocycles. The molecule has 1 aromatic carbocycles. The molecule has 1 fully saturated rings. The van der Waals surface area contributed by atoms with Crippen molar-refractivity contribution in [3.63, 3.8) is 0 Å². The number of rotatable bonds is 6. The number of nitrogens with zero attached hydrogens (tertiary/aromatic N) is 2. The number of hydrogen-bond acceptors (Lipinski definition) is 4. The van der Waals surface area contributed by atoms with Gasteiger partial charge < -0.3 is 10.1 Å². The molecule has 0 atom stereocenters. The maximum absolute atomic E-state index is 12.0. The molecule has 3 rings (SSSR count). The predicted molar refractivity (Wildman–Crippen MR) is 102 cm³/mol. The van der Waals surface area contributed by atoms with Gasteiger partial charge in [-0.25, -0.2) is 0 Å². The number of aromatic nitrogens is 1. The van der Waals surface area contributed by atoms with Crippen molar-refractivity contribution in [2.24, 2.45) is 0 Å². The molecule has 5 heteroatoms. The Kier molecular flexibility index (Phi) is 6.23. The molecule has 0 bridgehead atoms. The highest BCUT2D eigenvalue weighted by Gasteiger charge is 2.21. The number of carbonyl (C=O) groups excluding carboxylic acids is 1. The van der Waals surface area contributed by atoms with Crippen LogP contribution in [0.4, 0.5) is 0 Å². The van der Waals surface area contributed by atoms with Gasteiger partial charge in [0.1, 0.15) is 11.9 Å². The third kappa shape index (κ3) is 5.30. The lowest BCUT2D eigenvalue weighted by molar-refractivity contribution is 0.0940. The van der Waals surface area contributed by atoms with Crippen LogP contribution in [0.5, 0.6) is 5.75 Å². The first kappa shape index (κ1) is 18.4. The lowest BCUT2D eigenvalue weighted by Gasteiger charge is -2.31. The van der Waals surface area contributed by atoms with Crippen LogP contribution >= 0.6 is 0 Å². The number of pyridine rings is 1. The van der Waals surface area contributed by atoms with Crippen LogP contribution in [-0.2, 0) is 6.54 Å². The summed E-state index contributed by atoms with van der Waals surface area (Å²) in [5, 5.41) is 2.89. The Hall–Kier alpha value is -2.40. The lowest BCUT2D eigenvalue weighted by atomic mass is 10.1. The molecule has 1 amide bonds. The molecule has 1 aliphatic heterocycles. The minimum Gasteiger partial charge on any atom is -0.490 e. The first-order valence-corrected chi connectivity index (χ1v) is 9.30. The van der Waals surface area contributed by atoms with Gasteiger partial charge in [-0.05, 0) is 63.1 Å². The summed E-state index contributed by atoms with van der Waals surface area (Å²) >= 11 is 0. The van der Waals surface area contributed by atoms with Gasteiger partial charge in [-0.2, -0.15) is 0 Å². The highest BCUT2D eigenvalue weighted by Crippen LogP contribution is 2.20. The van der Waals surface area contributed by atoms with Gasteiger partial charge in [0.2, 0.25) is 0 Å². The van der Waals surface area contributed by atoms with Crippen molar-refractivity contribution in [2.45, 2.75) is 45.4 Å². The van der Waals surface area contributed by atoms with Gasteiger partial charge in [-0.15, -0.1) is 0 Å². The maximum Gasteiger partial charge on any atom is 0.251 e. The number of nitrogens with one attached hydrogen (secondary N) is 1. The number of piperidine rings is 1. The van der Waals surface area contributed by atoms with E-state index in [1.54, 1.807) is 0 Å². The second-order valence-electron chi connectivity index (χ2n) is 7.07. The van der Waals surface area contributed by atoms with E-state index >= 15 is 0 Å². The van der Waals surface area contributed by atoms with E-state index in [4.69, 9.17) is 4.74 Å². The summed E-state index contributed by atoms with van der Waals surface area (Å²) in [5.41, 5.74) is 1.78. The average molecular weight is 353 g/mol. The number of benzene rings is 1. The number of likely N-dealkylation sites (tertiary alicyclic amines) is 1. The zero-order chi connectivity index (χ0) is 18.4. The minimum atomic E-state index is -0.0469. The molecule has 1 saturated heterocycles. The molecule has 138 valence electrons. The highest BCUT2D eigenvalue weighted by atomic mass is 16.5. The minimum absolute atomic E-state index is 0.0469. The lowest BCUT2D eigenvalue weighted by Crippen LogP contribution is -2.38. The van der Waals surface area contributed by atoms with Crippen molar-refractivity contribution in [3.05, 3.63) is 59.9 Å². The first-order chi connectivity index (χ1) is 12.6. The summed E-state index contributed by atoms with van der Waals surface area (Å²) in [6.45, 7) is 6.82. The molecule has 1 N–H and O–H groups in total. The van der Waals surface area contributed by atoms with Crippen molar-refractivity contribution < 1.29 is 9.53 Å². The second-order valence-corrected chi connectivity index (χ2v) is 7.07. The standard InChI is InChI=1S/C21H27N3O2/c1-16(2)23-21(25)17-6-8-19(9-7-17)26-20-10-13-24(14-11-20)15-18-5-3-4-12-22-18/h3-9,12,16,20H,10-11,13-15H2,1-2H3,(H,23,25). The fourth-order valence-electron chi connectivity index (χ4n) is 3.13. The van der Waals surface area contributed by atoms with Crippen LogP contribution in [0.15, 0.2) is 48.7 Å². The van der Waals surface area contributed by atoms with Crippen molar-refractivity contribution >= 4 is 5.91 Å². The van der Waals surface area contributed by atoms with E-state index in [9.17, 15) is 4.79 Å². The van der Waals surface area contributed by atoms with E-state index in [-0.39, 0.29) is 18.1 Å². The van der Waals surface area contributed by atoms with E-state index in [2.05, 4.69) is 21.3 Å². The molecule has 0 aliphatic carbocycles. The Bertz CT molecular complexity index is 693. The molecular weight excluding hydrogens is 326 g/mol. The van der Waals surface area contributed by atoms with E-state index in [1.165, 1.54) is 0 Å². The van der Waals surface area contributed by atoms with Gasteiger partial charge in [0.15, 0.2) is 0 Å². The summed E-state index contributed by atoms with van der Waals surface area (Å²) < 4.78 is 6.10. The fourth-order valence-corrected chi connectivity index (χ4v) is 3.13. The Balaban J connectivity index is 1.46. The molecule has 0 saturated carbocycles. The Morgan fingerprint density at radius 3 is 2.54 bits per heavy atom. The summed E-state index contributed by atoms with van der Waals surface area (Å²) in [5.74, 6) is 0.781. The van der Waals surface area contributed by atoms with E-state index in [0.717, 1.165) is 43.9 Å². The number of ether oxygens (including phenoxy) is 1. The fraction of sp³-hybridized carbons (Fsp3) is 0.429. The van der Waals surface area contributed by atoms with Crippen molar-refractivity contribution in [3.8, 4) is 5.75 Å². The monoisotopic (exact) mass is 353 g/mol. The van der Waals surface area contributed by atoms with Crippen LogP contribution in [0.1, 0.15) is 42.7 Å². The van der Waals surface area contributed by atoms with Gasteiger partial charge in [0.25, 0.3) is 5.91 Å². The molecule has 2 aromatic rings. The van der Waals surface area contributed by atoms with Gasteiger partial charge >= 0.3 is 0 Å². The Labute approximate surface area is 155 Å². The number of hydrogen-bond donors (Lipinski definition) is 1. The van der Waals surface area contributed by atoms with E-state index in [0.29, 0.717) is 5.56 Å². The molecule has 2 heterocycles. The third-order valence-electron chi connectivity index (χ3n) is 4.49. The molecule has 1 aliphatic rings. The van der Waals surface area contributed by atoms with Crippen molar-refractivity contribution in [1.29, 1.82) is 0 Å². The first-order valence-electron chi connectivity index (χ1n) is 9.30. The summed E-state index contributed by atoms with van der Waals surface area (Å²) in [4.78, 5) is 18.8. The average Bonchev–Trinajstić information content (AvgIpc) is 2.64. The van der Waals surface area contributed by atoms with E-state index < -0.39 is 0 Å².